The van der Waals surface area contributed by atoms with Crippen molar-refractivity contribution >= 4 is 22.4 Å². The first-order chi connectivity index (χ1) is 9.60. The molecular weight excluding hydrogens is 292 g/mol. The molecule has 2 aromatic carbocycles. The van der Waals surface area contributed by atoms with E-state index in [1.807, 2.05) is 48.5 Å². The highest BCUT2D eigenvalue weighted by atomic mass is 32.3. The summed E-state index contributed by atoms with van der Waals surface area (Å²) in [7, 11) is -0.999. The Bertz CT molecular complexity index is 628. The minimum atomic E-state index is -2.64. The molecule has 0 amide bonds. The second kappa shape index (κ2) is 5.33. The minimum Gasteiger partial charge on any atom is -0.497 e. The number of methoxy groups -OCH3 is 1. The molecule has 0 bridgehead atoms. The second-order valence-corrected chi connectivity index (χ2v) is 8.04. The molecule has 0 aliphatic carbocycles. The summed E-state index contributed by atoms with van der Waals surface area (Å²) in [6.07, 6.45) is 0. The van der Waals surface area contributed by atoms with E-state index in [4.69, 9.17) is 4.74 Å². The van der Waals surface area contributed by atoms with Crippen LogP contribution in [0.25, 0.3) is 0 Å². The Morgan fingerprint density at radius 1 is 1.15 bits per heavy atom. The Morgan fingerprint density at radius 3 is 2.75 bits per heavy atom. The maximum Gasteiger partial charge on any atom is 0.119 e. The molecule has 1 aliphatic heterocycles. The summed E-state index contributed by atoms with van der Waals surface area (Å²) in [5.41, 5.74) is 1.03. The van der Waals surface area contributed by atoms with Crippen LogP contribution in [-0.2, 0) is 0 Å². The molecule has 2 aromatic rings. The Balaban J connectivity index is 1.89. The number of hydrogen-bond acceptors (Lipinski definition) is 4. The molecule has 3 nitrogen and oxygen atoms in total. The van der Waals surface area contributed by atoms with Crippen LogP contribution >= 0.6 is 22.4 Å². The zero-order valence-electron chi connectivity index (χ0n) is 11.0. The zero-order valence-corrected chi connectivity index (χ0v) is 12.7. The van der Waals surface area contributed by atoms with Gasteiger partial charge >= 0.3 is 0 Å². The molecule has 0 radical (unpaired) electrons. The van der Waals surface area contributed by atoms with Crippen LogP contribution in [0.1, 0.15) is 10.8 Å². The van der Waals surface area contributed by atoms with Gasteiger partial charge in [-0.15, -0.1) is 11.8 Å². The van der Waals surface area contributed by atoms with Gasteiger partial charge in [-0.25, -0.2) is 0 Å². The van der Waals surface area contributed by atoms with Gasteiger partial charge < -0.3 is 4.74 Å². The van der Waals surface area contributed by atoms with Crippen molar-refractivity contribution in [2.75, 3.05) is 12.9 Å². The summed E-state index contributed by atoms with van der Waals surface area (Å²) in [6, 6.07) is 15.4. The van der Waals surface area contributed by atoms with Crippen molar-refractivity contribution in [2.45, 2.75) is 15.0 Å². The van der Waals surface area contributed by atoms with Crippen LogP contribution < -0.4 is 4.74 Å². The van der Waals surface area contributed by atoms with Crippen LogP contribution in [0.3, 0.4) is 0 Å². The Morgan fingerprint density at radius 2 is 1.95 bits per heavy atom. The molecule has 1 unspecified atom stereocenters. The van der Waals surface area contributed by atoms with Crippen LogP contribution in [0.5, 0.6) is 5.75 Å². The van der Waals surface area contributed by atoms with E-state index in [-0.39, 0.29) is 5.25 Å². The number of fused-ring (bicyclic) bond motifs is 1. The Kier molecular flexibility index (Phi) is 3.69. The molecule has 1 aliphatic rings. The standard InChI is InChI=1S/C15H16O3S2/c1-18-11-5-4-6-12(9-11)19-14-10-20(16,17)15-8-3-2-7-13(14)15/h2-9,14,16-17H,10H2,1H3. The fourth-order valence-corrected chi connectivity index (χ4v) is 5.96. The summed E-state index contributed by atoms with van der Waals surface area (Å²) in [6.45, 7) is 0. The predicted molar refractivity (Wildman–Crippen MR) is 84.0 cm³/mol. The highest BCUT2D eigenvalue weighted by Gasteiger charge is 2.35. The normalized spacial score (nSPS) is 21.2. The molecule has 3 rings (SSSR count). The fraction of sp³-hybridized carbons (Fsp3) is 0.200. The smallest absolute Gasteiger partial charge is 0.119 e. The van der Waals surface area contributed by atoms with E-state index >= 15 is 0 Å². The first kappa shape index (κ1) is 13.8. The molecule has 5 heteroatoms. The lowest BCUT2D eigenvalue weighted by Crippen LogP contribution is -1.98. The Labute approximate surface area is 124 Å². The largest absolute Gasteiger partial charge is 0.497 e. The second-order valence-electron chi connectivity index (χ2n) is 4.66. The number of thioether (sulfide) groups is 1. The number of hydrogen-bond donors (Lipinski definition) is 2. The van der Waals surface area contributed by atoms with Crippen LogP contribution in [0.4, 0.5) is 0 Å². The summed E-state index contributed by atoms with van der Waals surface area (Å²) in [4.78, 5) is 1.77. The van der Waals surface area contributed by atoms with Crippen molar-refractivity contribution < 1.29 is 13.8 Å². The van der Waals surface area contributed by atoms with Crippen LogP contribution in [-0.4, -0.2) is 22.0 Å². The molecule has 0 spiro atoms. The van der Waals surface area contributed by atoms with Gasteiger partial charge in [0.05, 0.1) is 23.0 Å². The third-order valence-electron chi connectivity index (χ3n) is 3.32. The first-order valence-corrected chi connectivity index (χ1v) is 8.85. The van der Waals surface area contributed by atoms with E-state index in [1.165, 1.54) is 0 Å². The van der Waals surface area contributed by atoms with E-state index in [2.05, 4.69) is 0 Å². The average Bonchev–Trinajstić information content (AvgIpc) is 2.71. The van der Waals surface area contributed by atoms with E-state index in [0.29, 0.717) is 10.6 Å². The number of ether oxygens (including phenoxy) is 1. The zero-order chi connectivity index (χ0) is 14.2. The van der Waals surface area contributed by atoms with Crippen LogP contribution in [0, 0.1) is 0 Å². The van der Waals surface area contributed by atoms with Crippen molar-refractivity contribution in [3.63, 3.8) is 0 Å². The third-order valence-corrected chi connectivity index (χ3v) is 6.64. The quantitative estimate of drug-likeness (QED) is 0.866. The van der Waals surface area contributed by atoms with E-state index in [0.717, 1.165) is 16.2 Å². The fourth-order valence-electron chi connectivity index (χ4n) is 2.37. The molecule has 0 fully saturated rings. The van der Waals surface area contributed by atoms with Crippen molar-refractivity contribution in [1.29, 1.82) is 0 Å². The SMILES string of the molecule is COc1cccc(SC2CS(O)(O)c3ccccc32)c1. The summed E-state index contributed by atoms with van der Waals surface area (Å²) < 4.78 is 25.6. The summed E-state index contributed by atoms with van der Waals surface area (Å²) >= 11 is 1.65. The monoisotopic (exact) mass is 308 g/mol. The molecule has 20 heavy (non-hydrogen) atoms. The van der Waals surface area contributed by atoms with Gasteiger partial charge in [-0.3, -0.25) is 9.11 Å². The molecular formula is C15H16O3S2. The third kappa shape index (κ3) is 2.54. The number of benzene rings is 2. The topological polar surface area (TPSA) is 49.7 Å². The van der Waals surface area contributed by atoms with Crippen LogP contribution in [0.15, 0.2) is 58.3 Å². The molecule has 106 valence electrons. The molecule has 2 N–H and O–H groups in total. The van der Waals surface area contributed by atoms with Crippen molar-refractivity contribution in [2.24, 2.45) is 0 Å². The van der Waals surface area contributed by atoms with Gasteiger partial charge in [-0.2, -0.15) is 10.6 Å². The van der Waals surface area contributed by atoms with Gasteiger partial charge in [0.25, 0.3) is 0 Å². The summed E-state index contributed by atoms with van der Waals surface area (Å²) in [5.74, 6) is 1.20. The molecule has 0 saturated heterocycles. The molecule has 0 aromatic heterocycles. The van der Waals surface area contributed by atoms with Crippen molar-refractivity contribution in [3.05, 3.63) is 54.1 Å². The highest BCUT2D eigenvalue weighted by molar-refractivity contribution is 8.25. The highest BCUT2D eigenvalue weighted by Crippen LogP contribution is 2.62. The van der Waals surface area contributed by atoms with E-state index in [9.17, 15) is 9.11 Å². The lowest BCUT2D eigenvalue weighted by Gasteiger charge is -2.27. The number of rotatable bonds is 3. The molecule has 1 heterocycles. The maximum absolute atomic E-state index is 10.2. The van der Waals surface area contributed by atoms with Gasteiger partial charge in [0.2, 0.25) is 0 Å². The van der Waals surface area contributed by atoms with Gasteiger partial charge in [0, 0.05) is 4.90 Å². The van der Waals surface area contributed by atoms with Gasteiger partial charge in [-0.1, -0.05) is 24.3 Å². The van der Waals surface area contributed by atoms with Gasteiger partial charge in [0.1, 0.15) is 5.75 Å². The van der Waals surface area contributed by atoms with Gasteiger partial charge in [0.15, 0.2) is 0 Å². The van der Waals surface area contributed by atoms with E-state index in [1.54, 1.807) is 18.9 Å². The minimum absolute atomic E-state index is 0.0725. The first-order valence-electron chi connectivity index (χ1n) is 6.26. The van der Waals surface area contributed by atoms with Crippen LogP contribution in [0.2, 0.25) is 0 Å². The van der Waals surface area contributed by atoms with Crippen molar-refractivity contribution in [3.8, 4) is 5.75 Å². The molecule has 0 saturated carbocycles. The Hall–Kier alpha value is -1.14. The van der Waals surface area contributed by atoms with Crippen molar-refractivity contribution in [1.82, 2.24) is 0 Å². The lowest BCUT2D eigenvalue weighted by molar-refractivity contribution is 0.413. The van der Waals surface area contributed by atoms with E-state index < -0.39 is 10.6 Å². The average molecular weight is 308 g/mol. The van der Waals surface area contributed by atoms with Gasteiger partial charge in [-0.05, 0) is 29.8 Å². The lowest BCUT2D eigenvalue weighted by atomic mass is 10.2. The molecule has 1 atom stereocenters. The predicted octanol–water partition coefficient (Wildman–Crippen LogP) is 4.65. The summed E-state index contributed by atoms with van der Waals surface area (Å²) in [5, 5.41) is 0.0725. The maximum atomic E-state index is 10.2.